The summed E-state index contributed by atoms with van der Waals surface area (Å²) in [5, 5.41) is 0. The van der Waals surface area contributed by atoms with Gasteiger partial charge in [0.2, 0.25) is 5.91 Å². The molecule has 2 aliphatic rings. The molecule has 0 N–H and O–H groups in total. The zero-order valence-corrected chi connectivity index (χ0v) is 14.5. The smallest absolute Gasteiger partial charge is 0.317 e. The lowest BCUT2D eigenvalue weighted by Gasteiger charge is -2.35. The van der Waals surface area contributed by atoms with Gasteiger partial charge < -0.3 is 9.64 Å². The van der Waals surface area contributed by atoms with E-state index in [2.05, 4.69) is 9.97 Å². The molecule has 1 aliphatic carbocycles. The molecule has 1 aliphatic heterocycles. The molecule has 1 saturated carbocycles. The summed E-state index contributed by atoms with van der Waals surface area (Å²) < 4.78 is 5.93. The normalized spacial score (nSPS) is 22.5. The van der Waals surface area contributed by atoms with Gasteiger partial charge in [0.05, 0.1) is 6.54 Å². The van der Waals surface area contributed by atoms with Crippen molar-refractivity contribution in [1.82, 2.24) is 14.9 Å². The zero-order valence-electron chi connectivity index (χ0n) is 14.5. The number of aromatic nitrogens is 2. The summed E-state index contributed by atoms with van der Waals surface area (Å²) in [6.45, 7) is 5.20. The van der Waals surface area contributed by atoms with Crippen molar-refractivity contribution in [3.63, 3.8) is 0 Å². The van der Waals surface area contributed by atoms with Gasteiger partial charge >= 0.3 is 6.01 Å². The standard InChI is InChI=1S/C18H25N3O3/c1-12-10-13(2)20-18(19-12)24-16-4-3-9-21(11-16)17(23)14-5-7-15(22)8-6-14/h10,14,16H,3-9,11H2,1-2H3. The maximum absolute atomic E-state index is 12.7. The zero-order chi connectivity index (χ0) is 17.1. The van der Waals surface area contributed by atoms with Crippen molar-refractivity contribution in [3.05, 3.63) is 17.5 Å². The lowest BCUT2D eigenvalue weighted by molar-refractivity contribution is -0.140. The van der Waals surface area contributed by atoms with Crippen molar-refractivity contribution in [1.29, 1.82) is 0 Å². The highest BCUT2D eigenvalue weighted by Gasteiger charge is 2.32. The highest BCUT2D eigenvalue weighted by Crippen LogP contribution is 2.25. The number of nitrogens with zero attached hydrogens (tertiary/aromatic N) is 3. The van der Waals surface area contributed by atoms with Gasteiger partial charge in [0, 0.05) is 36.7 Å². The van der Waals surface area contributed by atoms with Crippen molar-refractivity contribution < 1.29 is 14.3 Å². The number of carbonyl (C=O) groups is 2. The third-order valence-corrected chi connectivity index (χ3v) is 4.82. The number of aryl methyl sites for hydroxylation is 2. The van der Waals surface area contributed by atoms with E-state index in [0.717, 1.165) is 30.8 Å². The summed E-state index contributed by atoms with van der Waals surface area (Å²) >= 11 is 0. The van der Waals surface area contributed by atoms with E-state index < -0.39 is 0 Å². The maximum Gasteiger partial charge on any atom is 0.317 e. The largest absolute Gasteiger partial charge is 0.458 e. The molecule has 1 aromatic heterocycles. The van der Waals surface area contributed by atoms with Crippen molar-refractivity contribution >= 4 is 11.7 Å². The van der Waals surface area contributed by atoms with Crippen LogP contribution in [-0.2, 0) is 9.59 Å². The van der Waals surface area contributed by atoms with E-state index in [0.29, 0.717) is 38.2 Å². The first-order chi connectivity index (χ1) is 11.5. The van der Waals surface area contributed by atoms with E-state index in [4.69, 9.17) is 4.74 Å². The van der Waals surface area contributed by atoms with Gasteiger partial charge in [0.25, 0.3) is 0 Å². The van der Waals surface area contributed by atoms with Crippen molar-refractivity contribution in [2.75, 3.05) is 13.1 Å². The van der Waals surface area contributed by atoms with E-state index in [1.165, 1.54) is 0 Å². The Bertz CT molecular complexity index is 602. The van der Waals surface area contributed by atoms with E-state index >= 15 is 0 Å². The molecule has 6 heteroatoms. The molecule has 1 amide bonds. The minimum Gasteiger partial charge on any atom is -0.458 e. The Kier molecular flexibility index (Phi) is 5.11. The first-order valence-electron chi connectivity index (χ1n) is 8.80. The van der Waals surface area contributed by atoms with Crippen LogP contribution in [0.2, 0.25) is 0 Å². The topological polar surface area (TPSA) is 72.4 Å². The Balaban J connectivity index is 1.59. The SMILES string of the molecule is Cc1cc(C)nc(OC2CCCN(C(=O)C3CCC(=O)CC3)C2)n1. The number of hydrogen-bond acceptors (Lipinski definition) is 5. The van der Waals surface area contributed by atoms with Crippen LogP contribution in [0.25, 0.3) is 0 Å². The fraction of sp³-hybridized carbons (Fsp3) is 0.667. The number of amides is 1. The number of rotatable bonds is 3. The molecule has 24 heavy (non-hydrogen) atoms. The van der Waals surface area contributed by atoms with Gasteiger partial charge in [-0.05, 0) is 45.6 Å². The monoisotopic (exact) mass is 331 g/mol. The molecule has 0 aromatic carbocycles. The van der Waals surface area contributed by atoms with Gasteiger partial charge in [0.1, 0.15) is 11.9 Å². The second-order valence-corrected chi connectivity index (χ2v) is 6.91. The fourth-order valence-electron chi connectivity index (χ4n) is 3.57. The number of ether oxygens (including phenoxy) is 1. The van der Waals surface area contributed by atoms with Crippen LogP contribution in [0.5, 0.6) is 6.01 Å². The highest BCUT2D eigenvalue weighted by molar-refractivity contribution is 5.84. The third kappa shape index (κ3) is 4.10. The van der Waals surface area contributed by atoms with Crippen molar-refractivity contribution in [2.45, 2.75) is 58.5 Å². The summed E-state index contributed by atoms with van der Waals surface area (Å²) in [6.07, 6.45) is 4.24. The lowest BCUT2D eigenvalue weighted by Crippen LogP contribution is -2.47. The molecular weight excluding hydrogens is 306 g/mol. The number of carbonyl (C=O) groups excluding carboxylic acids is 2. The Labute approximate surface area is 142 Å². The van der Waals surface area contributed by atoms with Crippen LogP contribution in [-0.4, -0.2) is 45.8 Å². The Hall–Kier alpha value is -1.98. The molecule has 1 aromatic rings. The van der Waals surface area contributed by atoms with Crippen LogP contribution >= 0.6 is 0 Å². The Morgan fingerprint density at radius 1 is 1.17 bits per heavy atom. The number of Topliss-reactive ketones (excluding diaryl/α,β-unsaturated/α-hetero) is 1. The first-order valence-corrected chi connectivity index (χ1v) is 8.80. The average molecular weight is 331 g/mol. The van der Waals surface area contributed by atoms with E-state index in [1.807, 2.05) is 24.8 Å². The van der Waals surface area contributed by atoms with Gasteiger partial charge in [-0.2, -0.15) is 0 Å². The van der Waals surface area contributed by atoms with Crippen molar-refractivity contribution in [2.24, 2.45) is 5.92 Å². The van der Waals surface area contributed by atoms with E-state index in [1.54, 1.807) is 0 Å². The van der Waals surface area contributed by atoms with Crippen LogP contribution in [0, 0.1) is 19.8 Å². The van der Waals surface area contributed by atoms with Crippen LogP contribution in [0.4, 0.5) is 0 Å². The summed E-state index contributed by atoms with van der Waals surface area (Å²) in [4.78, 5) is 34.6. The van der Waals surface area contributed by atoms with Gasteiger partial charge in [-0.15, -0.1) is 0 Å². The van der Waals surface area contributed by atoms with Gasteiger partial charge in [-0.25, -0.2) is 9.97 Å². The van der Waals surface area contributed by atoms with Gasteiger partial charge in [-0.3, -0.25) is 9.59 Å². The van der Waals surface area contributed by atoms with Crippen LogP contribution in [0.15, 0.2) is 6.07 Å². The molecule has 0 radical (unpaired) electrons. The van der Waals surface area contributed by atoms with Crippen molar-refractivity contribution in [3.8, 4) is 6.01 Å². The van der Waals surface area contributed by atoms with Crippen LogP contribution in [0.1, 0.15) is 49.9 Å². The van der Waals surface area contributed by atoms with Gasteiger partial charge in [-0.1, -0.05) is 0 Å². The predicted molar refractivity (Wildman–Crippen MR) is 88.7 cm³/mol. The summed E-state index contributed by atoms with van der Waals surface area (Å²) in [6, 6.07) is 2.31. The molecule has 0 bridgehead atoms. The summed E-state index contributed by atoms with van der Waals surface area (Å²) in [5.74, 6) is 0.460. The molecule has 1 atom stereocenters. The molecule has 130 valence electrons. The molecule has 0 spiro atoms. The molecule has 2 heterocycles. The quantitative estimate of drug-likeness (QED) is 0.849. The highest BCUT2D eigenvalue weighted by atomic mass is 16.5. The molecular formula is C18H25N3O3. The number of piperidine rings is 1. The molecule has 1 saturated heterocycles. The maximum atomic E-state index is 12.7. The first kappa shape index (κ1) is 16.9. The minimum atomic E-state index is -0.0610. The third-order valence-electron chi connectivity index (χ3n) is 4.82. The minimum absolute atomic E-state index is 0.00101. The van der Waals surface area contributed by atoms with E-state index in [-0.39, 0.29) is 23.7 Å². The molecule has 1 unspecified atom stereocenters. The lowest BCUT2D eigenvalue weighted by atomic mass is 9.87. The van der Waals surface area contributed by atoms with Gasteiger partial charge in [0.15, 0.2) is 0 Å². The Morgan fingerprint density at radius 3 is 2.50 bits per heavy atom. The summed E-state index contributed by atoms with van der Waals surface area (Å²) in [5.41, 5.74) is 1.77. The molecule has 2 fully saturated rings. The summed E-state index contributed by atoms with van der Waals surface area (Å²) in [7, 11) is 0. The van der Waals surface area contributed by atoms with Crippen LogP contribution in [0.3, 0.4) is 0 Å². The second-order valence-electron chi connectivity index (χ2n) is 6.91. The number of ketones is 1. The number of likely N-dealkylation sites (tertiary alicyclic amines) is 1. The fourth-order valence-corrected chi connectivity index (χ4v) is 3.57. The Morgan fingerprint density at radius 2 is 1.83 bits per heavy atom. The predicted octanol–water partition coefficient (Wildman–Crippen LogP) is 2.22. The number of hydrogen-bond donors (Lipinski definition) is 0. The second kappa shape index (κ2) is 7.28. The van der Waals surface area contributed by atoms with E-state index in [9.17, 15) is 9.59 Å². The average Bonchev–Trinajstić information content (AvgIpc) is 2.54. The van der Waals surface area contributed by atoms with Crippen LogP contribution < -0.4 is 4.74 Å². The molecule has 3 rings (SSSR count). The molecule has 6 nitrogen and oxygen atoms in total.